The standard InChI is InChI=1S/C9H3Cl2F6NO2/c10-1-3-5(7(11)19)4(20-9(15,16)17)2-18-6(3)8(12,13)14/h2H,1H2. The van der Waals surface area contributed by atoms with Crippen LogP contribution in [0.25, 0.3) is 0 Å². The molecule has 0 aliphatic heterocycles. The predicted molar refractivity (Wildman–Crippen MR) is 55.7 cm³/mol. The highest BCUT2D eigenvalue weighted by atomic mass is 35.5. The molecule has 1 rings (SSSR count). The molecule has 0 aliphatic carbocycles. The maximum atomic E-state index is 12.6. The van der Waals surface area contributed by atoms with Crippen molar-refractivity contribution in [2.45, 2.75) is 18.4 Å². The van der Waals surface area contributed by atoms with Crippen LogP contribution in [0.15, 0.2) is 6.20 Å². The van der Waals surface area contributed by atoms with Crippen LogP contribution in [-0.2, 0) is 12.1 Å². The monoisotopic (exact) mass is 341 g/mol. The van der Waals surface area contributed by atoms with Gasteiger partial charge in [0.15, 0.2) is 5.75 Å². The molecule has 0 saturated carbocycles. The number of carbonyl (C=O) groups is 1. The second kappa shape index (κ2) is 5.65. The van der Waals surface area contributed by atoms with Crippen molar-refractivity contribution in [3.63, 3.8) is 0 Å². The maximum Gasteiger partial charge on any atom is 0.573 e. The number of carbonyl (C=O) groups excluding carboxylic acids is 1. The third-order valence-electron chi connectivity index (χ3n) is 1.97. The fraction of sp³-hybridized carbons (Fsp3) is 0.333. The molecule has 1 heterocycles. The van der Waals surface area contributed by atoms with Gasteiger partial charge in [-0.2, -0.15) is 13.2 Å². The largest absolute Gasteiger partial charge is 0.573 e. The van der Waals surface area contributed by atoms with Crippen molar-refractivity contribution in [3.8, 4) is 5.75 Å². The van der Waals surface area contributed by atoms with Gasteiger partial charge >= 0.3 is 12.5 Å². The Hall–Kier alpha value is -1.22. The molecule has 0 spiro atoms. The topological polar surface area (TPSA) is 39.2 Å². The van der Waals surface area contributed by atoms with Gasteiger partial charge in [0.05, 0.1) is 17.6 Å². The first-order valence-electron chi connectivity index (χ1n) is 4.58. The Morgan fingerprint density at radius 1 is 1.25 bits per heavy atom. The Balaban J connectivity index is 3.55. The summed E-state index contributed by atoms with van der Waals surface area (Å²) < 4.78 is 77.5. The summed E-state index contributed by atoms with van der Waals surface area (Å²) >= 11 is 10.2. The van der Waals surface area contributed by atoms with Gasteiger partial charge < -0.3 is 4.74 Å². The fourth-order valence-corrected chi connectivity index (χ4v) is 1.79. The van der Waals surface area contributed by atoms with Crippen LogP contribution in [0.4, 0.5) is 26.3 Å². The SMILES string of the molecule is O=C(Cl)c1c(OC(F)(F)F)cnc(C(F)(F)F)c1CCl. The Labute approximate surface area is 117 Å². The molecular formula is C9H3Cl2F6NO2. The van der Waals surface area contributed by atoms with E-state index in [1.165, 1.54) is 0 Å². The van der Waals surface area contributed by atoms with Crippen LogP contribution in [-0.4, -0.2) is 16.6 Å². The van der Waals surface area contributed by atoms with Crippen LogP contribution in [0.1, 0.15) is 21.6 Å². The third kappa shape index (κ3) is 3.89. The van der Waals surface area contributed by atoms with E-state index < -0.39 is 46.2 Å². The quantitative estimate of drug-likeness (QED) is 0.471. The van der Waals surface area contributed by atoms with Crippen molar-refractivity contribution >= 4 is 28.4 Å². The van der Waals surface area contributed by atoms with Crippen LogP contribution in [0.5, 0.6) is 5.75 Å². The second-order valence-corrected chi connectivity index (χ2v) is 3.89. The number of ether oxygens (including phenoxy) is 1. The van der Waals surface area contributed by atoms with Crippen LogP contribution < -0.4 is 4.74 Å². The zero-order chi connectivity index (χ0) is 15.7. The minimum absolute atomic E-state index is 0.113. The number of halogens is 8. The highest BCUT2D eigenvalue weighted by Gasteiger charge is 2.40. The molecule has 0 unspecified atom stereocenters. The van der Waals surface area contributed by atoms with Crippen molar-refractivity contribution in [2.75, 3.05) is 0 Å². The van der Waals surface area contributed by atoms with Crippen LogP contribution >= 0.6 is 23.2 Å². The summed E-state index contributed by atoms with van der Waals surface area (Å²) in [6, 6.07) is 0. The summed E-state index contributed by atoms with van der Waals surface area (Å²) in [5.74, 6) is -2.17. The molecule has 1 aromatic heterocycles. The lowest BCUT2D eigenvalue weighted by Gasteiger charge is -2.16. The average Bonchev–Trinajstić information content (AvgIpc) is 2.23. The summed E-state index contributed by atoms with van der Waals surface area (Å²) in [4.78, 5) is 13.9. The van der Waals surface area contributed by atoms with Crippen molar-refractivity contribution < 1.29 is 35.9 Å². The summed E-state index contributed by atoms with van der Waals surface area (Å²) in [5.41, 5.74) is -3.71. The highest BCUT2D eigenvalue weighted by molar-refractivity contribution is 6.68. The number of nitrogens with zero attached hydrogens (tertiary/aromatic N) is 1. The van der Waals surface area contributed by atoms with E-state index in [9.17, 15) is 31.1 Å². The molecule has 0 atom stereocenters. The molecule has 0 aromatic carbocycles. The minimum Gasteiger partial charge on any atom is -0.403 e. The zero-order valence-corrected chi connectivity index (χ0v) is 10.6. The van der Waals surface area contributed by atoms with E-state index in [1.54, 1.807) is 0 Å². The van der Waals surface area contributed by atoms with Gasteiger partial charge in [-0.1, -0.05) is 0 Å². The van der Waals surface area contributed by atoms with Crippen LogP contribution in [0.3, 0.4) is 0 Å². The first kappa shape index (κ1) is 16.8. The van der Waals surface area contributed by atoms with E-state index in [0.29, 0.717) is 0 Å². The van der Waals surface area contributed by atoms with E-state index in [-0.39, 0.29) is 6.20 Å². The summed E-state index contributed by atoms with van der Waals surface area (Å²) in [6.07, 6.45) is -10.1. The summed E-state index contributed by atoms with van der Waals surface area (Å²) in [5, 5.41) is -1.58. The van der Waals surface area contributed by atoms with Gasteiger partial charge in [0, 0.05) is 5.56 Å². The molecule has 112 valence electrons. The van der Waals surface area contributed by atoms with Gasteiger partial charge in [-0.3, -0.25) is 4.79 Å². The molecule has 0 bridgehead atoms. The van der Waals surface area contributed by atoms with Gasteiger partial charge in [0.1, 0.15) is 5.69 Å². The average molecular weight is 342 g/mol. The molecule has 0 aliphatic rings. The molecular weight excluding hydrogens is 339 g/mol. The molecule has 0 N–H and O–H groups in total. The molecule has 20 heavy (non-hydrogen) atoms. The van der Waals surface area contributed by atoms with E-state index >= 15 is 0 Å². The summed E-state index contributed by atoms with van der Waals surface area (Å²) in [7, 11) is 0. The highest BCUT2D eigenvalue weighted by Crippen LogP contribution is 2.37. The van der Waals surface area contributed by atoms with Crippen LogP contribution in [0, 0.1) is 0 Å². The Morgan fingerprint density at radius 2 is 1.80 bits per heavy atom. The van der Waals surface area contributed by atoms with Gasteiger partial charge in [-0.05, 0) is 11.6 Å². The van der Waals surface area contributed by atoms with Crippen molar-refractivity contribution in [1.82, 2.24) is 4.98 Å². The van der Waals surface area contributed by atoms with Crippen molar-refractivity contribution in [3.05, 3.63) is 23.0 Å². The molecule has 11 heteroatoms. The van der Waals surface area contributed by atoms with Gasteiger partial charge in [-0.15, -0.1) is 24.8 Å². The molecule has 3 nitrogen and oxygen atoms in total. The van der Waals surface area contributed by atoms with Gasteiger partial charge in [-0.25, -0.2) is 4.98 Å². The molecule has 1 aromatic rings. The van der Waals surface area contributed by atoms with Crippen molar-refractivity contribution in [2.24, 2.45) is 0 Å². The second-order valence-electron chi connectivity index (χ2n) is 3.28. The van der Waals surface area contributed by atoms with Gasteiger partial charge in [0.25, 0.3) is 5.24 Å². The predicted octanol–water partition coefficient (Wildman–Crippen LogP) is 4.12. The number of pyridine rings is 1. The Morgan fingerprint density at radius 3 is 2.15 bits per heavy atom. The number of hydrogen-bond donors (Lipinski definition) is 0. The normalized spacial score (nSPS) is 12.4. The molecule has 0 fully saturated rings. The summed E-state index contributed by atoms with van der Waals surface area (Å²) in [6.45, 7) is 0. The number of aromatic nitrogens is 1. The maximum absolute atomic E-state index is 12.6. The minimum atomic E-state index is -5.23. The molecule has 0 saturated heterocycles. The van der Waals surface area contributed by atoms with E-state index in [1.807, 2.05) is 0 Å². The Bertz CT molecular complexity index is 528. The van der Waals surface area contributed by atoms with Crippen LogP contribution in [0.2, 0.25) is 0 Å². The van der Waals surface area contributed by atoms with E-state index in [4.69, 9.17) is 23.2 Å². The van der Waals surface area contributed by atoms with E-state index in [2.05, 4.69) is 9.72 Å². The zero-order valence-electron chi connectivity index (χ0n) is 9.07. The van der Waals surface area contributed by atoms with E-state index in [0.717, 1.165) is 0 Å². The number of hydrogen-bond acceptors (Lipinski definition) is 3. The smallest absolute Gasteiger partial charge is 0.403 e. The first-order valence-corrected chi connectivity index (χ1v) is 5.49. The lowest BCUT2D eigenvalue weighted by Crippen LogP contribution is -2.21. The number of alkyl halides is 7. The fourth-order valence-electron chi connectivity index (χ4n) is 1.32. The molecule has 0 amide bonds. The van der Waals surface area contributed by atoms with Crippen molar-refractivity contribution in [1.29, 1.82) is 0 Å². The lowest BCUT2D eigenvalue weighted by atomic mass is 10.1. The first-order chi connectivity index (χ1) is 8.97. The third-order valence-corrected chi connectivity index (χ3v) is 2.43. The van der Waals surface area contributed by atoms with Gasteiger partial charge in [0.2, 0.25) is 0 Å². The Kier molecular flexibility index (Phi) is 4.75. The lowest BCUT2D eigenvalue weighted by molar-refractivity contribution is -0.274. The molecule has 0 radical (unpaired) electrons. The number of rotatable bonds is 3.